The first kappa shape index (κ1) is 11.0. The lowest BCUT2D eigenvalue weighted by molar-refractivity contribution is 0.455. The van der Waals surface area contributed by atoms with Crippen molar-refractivity contribution in [2.24, 2.45) is 0 Å². The third kappa shape index (κ3) is 2.37. The van der Waals surface area contributed by atoms with Gasteiger partial charge in [-0.25, -0.2) is 8.78 Å². The van der Waals surface area contributed by atoms with Gasteiger partial charge in [-0.2, -0.15) is 0 Å². The highest BCUT2D eigenvalue weighted by Gasteiger charge is 2.18. The highest BCUT2D eigenvalue weighted by Crippen LogP contribution is 2.29. The number of piperidine rings is 1. The largest absolute Gasteiger partial charge is 0.317 e. The van der Waals surface area contributed by atoms with Gasteiger partial charge in [0.05, 0.1) is 4.47 Å². The van der Waals surface area contributed by atoms with Gasteiger partial charge >= 0.3 is 0 Å². The Labute approximate surface area is 96.0 Å². The Balaban J connectivity index is 2.27. The summed E-state index contributed by atoms with van der Waals surface area (Å²) >= 11 is 2.87. The van der Waals surface area contributed by atoms with E-state index in [1.54, 1.807) is 0 Å². The van der Waals surface area contributed by atoms with E-state index >= 15 is 0 Å². The van der Waals surface area contributed by atoms with Crippen molar-refractivity contribution in [3.63, 3.8) is 0 Å². The molecule has 0 spiro atoms. The van der Waals surface area contributed by atoms with Crippen LogP contribution in [-0.2, 0) is 0 Å². The fourth-order valence-electron chi connectivity index (χ4n) is 1.97. The molecule has 0 aromatic heterocycles. The van der Waals surface area contributed by atoms with Crippen LogP contribution in [0.5, 0.6) is 0 Å². The minimum Gasteiger partial charge on any atom is -0.317 e. The molecule has 1 nitrogen and oxygen atoms in total. The minimum atomic E-state index is -0.511. The lowest BCUT2D eigenvalue weighted by Gasteiger charge is -2.23. The summed E-state index contributed by atoms with van der Waals surface area (Å²) in [6, 6.07) is 2.87. The molecule has 0 saturated carbocycles. The van der Waals surface area contributed by atoms with Crippen molar-refractivity contribution >= 4 is 15.9 Å². The third-order valence-electron chi connectivity index (χ3n) is 2.82. The molecule has 0 radical (unpaired) electrons. The Morgan fingerprint density at radius 1 is 1.13 bits per heavy atom. The fourth-order valence-corrected chi connectivity index (χ4v) is 2.20. The zero-order chi connectivity index (χ0) is 10.8. The van der Waals surface area contributed by atoms with Crippen LogP contribution in [0.15, 0.2) is 16.6 Å². The molecule has 0 atom stereocenters. The van der Waals surface area contributed by atoms with E-state index in [4.69, 9.17) is 0 Å². The lowest BCUT2D eigenvalue weighted by atomic mass is 9.90. The lowest BCUT2D eigenvalue weighted by Crippen LogP contribution is -2.26. The quantitative estimate of drug-likeness (QED) is 0.777. The molecule has 1 heterocycles. The summed E-state index contributed by atoms with van der Waals surface area (Å²) in [6.07, 6.45) is 1.89. The number of hydrogen-bond donors (Lipinski definition) is 1. The molecular formula is C11H12BrF2N. The Bertz CT molecular complexity index is 339. The van der Waals surface area contributed by atoms with E-state index in [1.165, 1.54) is 12.1 Å². The Morgan fingerprint density at radius 2 is 1.67 bits per heavy atom. The Morgan fingerprint density at radius 3 is 2.20 bits per heavy atom. The standard InChI is InChI=1S/C11H12BrF2N/c12-11-9(13)5-8(6-10(11)14)7-1-3-15-4-2-7/h5-7,15H,1-4H2. The van der Waals surface area contributed by atoms with Gasteiger partial charge in [0.15, 0.2) is 0 Å². The Kier molecular flexibility index (Phi) is 3.36. The average molecular weight is 276 g/mol. The summed E-state index contributed by atoms with van der Waals surface area (Å²) in [5.74, 6) is -0.740. The summed E-state index contributed by atoms with van der Waals surface area (Å²) in [4.78, 5) is 0. The summed E-state index contributed by atoms with van der Waals surface area (Å²) < 4.78 is 26.5. The molecule has 1 saturated heterocycles. The van der Waals surface area contributed by atoms with Crippen LogP contribution in [0.3, 0.4) is 0 Å². The maximum absolute atomic E-state index is 13.3. The zero-order valence-corrected chi connectivity index (χ0v) is 9.78. The predicted octanol–water partition coefficient (Wildman–Crippen LogP) is 3.19. The number of nitrogens with one attached hydrogen (secondary N) is 1. The molecule has 0 amide bonds. The van der Waals surface area contributed by atoms with Gasteiger partial charge in [0, 0.05) is 0 Å². The maximum Gasteiger partial charge on any atom is 0.140 e. The van der Waals surface area contributed by atoms with Crippen LogP contribution >= 0.6 is 15.9 Å². The molecule has 0 aliphatic carbocycles. The van der Waals surface area contributed by atoms with Crippen molar-refractivity contribution in [3.8, 4) is 0 Å². The molecule has 0 bridgehead atoms. The van der Waals surface area contributed by atoms with Crippen LogP contribution in [0, 0.1) is 11.6 Å². The smallest absolute Gasteiger partial charge is 0.140 e. The van der Waals surface area contributed by atoms with Crippen molar-refractivity contribution in [1.29, 1.82) is 0 Å². The minimum absolute atomic E-state index is 0.0693. The topological polar surface area (TPSA) is 12.0 Å². The summed E-state index contributed by atoms with van der Waals surface area (Å²) in [6.45, 7) is 1.84. The highest BCUT2D eigenvalue weighted by atomic mass is 79.9. The van der Waals surface area contributed by atoms with Crippen LogP contribution in [0.25, 0.3) is 0 Å². The van der Waals surface area contributed by atoms with Crippen LogP contribution in [-0.4, -0.2) is 13.1 Å². The van der Waals surface area contributed by atoms with Crippen LogP contribution in [0.2, 0.25) is 0 Å². The van der Waals surface area contributed by atoms with Gasteiger partial charge in [0.1, 0.15) is 11.6 Å². The predicted molar refractivity (Wildman–Crippen MR) is 58.9 cm³/mol. The first-order chi connectivity index (χ1) is 7.18. The number of halogens is 3. The Hall–Kier alpha value is -0.480. The van der Waals surface area contributed by atoms with E-state index in [9.17, 15) is 8.78 Å². The van der Waals surface area contributed by atoms with E-state index in [0.29, 0.717) is 0 Å². The number of hydrogen-bond acceptors (Lipinski definition) is 1. The van der Waals surface area contributed by atoms with Crippen molar-refractivity contribution in [3.05, 3.63) is 33.8 Å². The molecule has 0 unspecified atom stereocenters. The number of benzene rings is 1. The van der Waals surface area contributed by atoms with Gasteiger partial charge in [-0.1, -0.05) is 0 Å². The van der Waals surface area contributed by atoms with Gasteiger partial charge in [-0.15, -0.1) is 0 Å². The van der Waals surface area contributed by atoms with Gasteiger partial charge < -0.3 is 5.32 Å². The molecule has 1 N–H and O–H groups in total. The van der Waals surface area contributed by atoms with Crippen molar-refractivity contribution in [2.75, 3.05) is 13.1 Å². The second-order valence-electron chi connectivity index (χ2n) is 3.82. The normalized spacial score (nSPS) is 18.1. The van der Waals surface area contributed by atoms with E-state index in [1.807, 2.05) is 0 Å². The van der Waals surface area contributed by atoms with E-state index in [-0.39, 0.29) is 10.4 Å². The molecule has 1 aliphatic heterocycles. The van der Waals surface area contributed by atoms with Crippen molar-refractivity contribution in [2.45, 2.75) is 18.8 Å². The summed E-state index contributed by atoms with van der Waals surface area (Å²) in [5, 5.41) is 3.23. The number of rotatable bonds is 1. The molecule has 1 fully saturated rings. The molecular weight excluding hydrogens is 264 g/mol. The highest BCUT2D eigenvalue weighted by molar-refractivity contribution is 9.10. The van der Waals surface area contributed by atoms with Gasteiger partial charge in [0.2, 0.25) is 0 Å². The molecule has 2 rings (SSSR count). The van der Waals surface area contributed by atoms with Crippen molar-refractivity contribution in [1.82, 2.24) is 5.32 Å². The maximum atomic E-state index is 13.3. The zero-order valence-electron chi connectivity index (χ0n) is 8.19. The molecule has 15 heavy (non-hydrogen) atoms. The first-order valence-electron chi connectivity index (χ1n) is 5.03. The van der Waals surface area contributed by atoms with Crippen LogP contribution in [0.4, 0.5) is 8.78 Å². The second kappa shape index (κ2) is 4.58. The molecule has 82 valence electrons. The van der Waals surface area contributed by atoms with Crippen LogP contribution in [0.1, 0.15) is 24.3 Å². The monoisotopic (exact) mass is 275 g/mol. The molecule has 1 aromatic rings. The average Bonchev–Trinajstić information content (AvgIpc) is 2.26. The molecule has 4 heteroatoms. The van der Waals surface area contributed by atoms with Gasteiger partial charge in [-0.3, -0.25) is 0 Å². The third-order valence-corrected chi connectivity index (χ3v) is 3.57. The summed E-state index contributed by atoms with van der Waals surface area (Å²) in [7, 11) is 0. The van der Waals surface area contributed by atoms with E-state index in [2.05, 4.69) is 21.2 Å². The van der Waals surface area contributed by atoms with Crippen molar-refractivity contribution < 1.29 is 8.78 Å². The fraction of sp³-hybridized carbons (Fsp3) is 0.455. The van der Waals surface area contributed by atoms with Gasteiger partial charge in [-0.05, 0) is 65.5 Å². The van der Waals surface area contributed by atoms with E-state index in [0.717, 1.165) is 31.5 Å². The first-order valence-corrected chi connectivity index (χ1v) is 5.83. The van der Waals surface area contributed by atoms with Crippen LogP contribution < -0.4 is 5.32 Å². The van der Waals surface area contributed by atoms with Gasteiger partial charge in [0.25, 0.3) is 0 Å². The molecule has 1 aromatic carbocycles. The molecule has 1 aliphatic rings. The summed E-state index contributed by atoms with van der Waals surface area (Å²) in [5.41, 5.74) is 0.773. The van der Waals surface area contributed by atoms with E-state index < -0.39 is 11.6 Å². The second-order valence-corrected chi connectivity index (χ2v) is 4.62. The SMILES string of the molecule is Fc1cc(C2CCNCC2)cc(F)c1Br.